The molecule has 0 fully saturated rings. The van der Waals surface area contributed by atoms with Crippen molar-refractivity contribution in [2.75, 3.05) is 0 Å². The Hall–Kier alpha value is -1.44. The first-order valence-electron chi connectivity index (χ1n) is 4.44. The van der Waals surface area contributed by atoms with E-state index in [1.165, 1.54) is 12.1 Å². The third-order valence-corrected chi connectivity index (χ3v) is 1.83. The van der Waals surface area contributed by atoms with Gasteiger partial charge in [-0.25, -0.2) is 4.39 Å². The highest BCUT2D eigenvalue weighted by Gasteiger charge is 2.07. The van der Waals surface area contributed by atoms with Gasteiger partial charge >= 0.3 is 0 Å². The van der Waals surface area contributed by atoms with Crippen LogP contribution in [0.1, 0.15) is 29.3 Å². The molecule has 0 bridgehead atoms. The maximum absolute atomic E-state index is 13.0. The summed E-state index contributed by atoms with van der Waals surface area (Å²) >= 11 is 0. The lowest BCUT2D eigenvalue weighted by molar-refractivity contribution is 0.0992. The molecule has 2 heteroatoms. The van der Waals surface area contributed by atoms with Crippen molar-refractivity contribution in [1.29, 1.82) is 0 Å². The molecule has 0 aliphatic heterocycles. The normalized spacial score (nSPS) is 9.93. The number of carbonyl (C=O) groups excluding carboxylic acids is 1. The zero-order valence-corrected chi connectivity index (χ0v) is 8.43. The highest BCUT2D eigenvalue weighted by molar-refractivity contribution is 5.97. The van der Waals surface area contributed by atoms with Crippen molar-refractivity contribution in [1.82, 2.24) is 0 Å². The van der Waals surface area contributed by atoms with E-state index in [1.54, 1.807) is 19.9 Å². The first-order chi connectivity index (χ1) is 6.49. The van der Waals surface area contributed by atoms with Crippen molar-refractivity contribution in [2.45, 2.75) is 20.3 Å². The third kappa shape index (κ3) is 2.80. The predicted molar refractivity (Wildman–Crippen MR) is 54.9 cm³/mol. The van der Waals surface area contributed by atoms with E-state index in [0.717, 1.165) is 11.1 Å². The van der Waals surface area contributed by atoms with Crippen molar-refractivity contribution in [3.63, 3.8) is 0 Å². The lowest BCUT2D eigenvalue weighted by atomic mass is 10.0. The average molecular weight is 192 g/mol. The number of hydrogen-bond donors (Lipinski definition) is 0. The molecule has 74 valence electrons. The zero-order valence-electron chi connectivity index (χ0n) is 8.43. The molecule has 1 rings (SSSR count). The van der Waals surface area contributed by atoms with E-state index in [4.69, 9.17) is 0 Å². The molecule has 0 unspecified atom stereocenters. The molecular formula is C12H13FO. The van der Waals surface area contributed by atoms with E-state index < -0.39 is 0 Å². The maximum atomic E-state index is 13.0. The van der Waals surface area contributed by atoms with Crippen LogP contribution in [-0.4, -0.2) is 5.78 Å². The Morgan fingerprint density at radius 3 is 2.57 bits per heavy atom. The fourth-order valence-electron chi connectivity index (χ4n) is 1.27. The van der Waals surface area contributed by atoms with Gasteiger partial charge in [-0.1, -0.05) is 12.2 Å². The van der Waals surface area contributed by atoms with E-state index >= 15 is 0 Å². The van der Waals surface area contributed by atoms with Crippen LogP contribution in [0.4, 0.5) is 4.39 Å². The molecule has 0 N–H and O–H groups in total. The number of ketones is 1. The number of rotatable bonds is 3. The topological polar surface area (TPSA) is 17.1 Å². The summed E-state index contributed by atoms with van der Waals surface area (Å²) in [5, 5.41) is 0. The molecule has 0 saturated heterocycles. The van der Waals surface area contributed by atoms with Crippen molar-refractivity contribution in [2.24, 2.45) is 0 Å². The number of benzene rings is 1. The van der Waals surface area contributed by atoms with Crippen molar-refractivity contribution < 1.29 is 9.18 Å². The third-order valence-electron chi connectivity index (χ3n) is 1.83. The van der Waals surface area contributed by atoms with Gasteiger partial charge in [0.25, 0.3) is 0 Å². The molecule has 0 aliphatic carbocycles. The van der Waals surface area contributed by atoms with Crippen molar-refractivity contribution >= 4 is 5.78 Å². The van der Waals surface area contributed by atoms with E-state index in [2.05, 4.69) is 6.58 Å². The number of Topliss-reactive ketones (excluding diaryl/α,β-unsaturated/α-hetero) is 1. The molecule has 14 heavy (non-hydrogen) atoms. The molecule has 0 aliphatic rings. The number of hydrogen-bond acceptors (Lipinski definition) is 1. The van der Waals surface area contributed by atoms with Crippen LogP contribution in [-0.2, 0) is 0 Å². The van der Waals surface area contributed by atoms with Gasteiger partial charge in [-0.3, -0.25) is 4.79 Å². The van der Waals surface area contributed by atoms with E-state index in [1.807, 2.05) is 0 Å². The molecule has 1 aromatic carbocycles. The Labute approximate surface area is 83.3 Å². The largest absolute Gasteiger partial charge is 0.294 e. The molecule has 0 aromatic heterocycles. The Balaban J connectivity index is 2.95. The fraction of sp³-hybridized carbons (Fsp3) is 0.250. The molecule has 0 atom stereocenters. The summed E-state index contributed by atoms with van der Waals surface area (Å²) < 4.78 is 13.0. The van der Waals surface area contributed by atoms with Crippen LogP contribution in [0.5, 0.6) is 0 Å². The van der Waals surface area contributed by atoms with Crippen LogP contribution >= 0.6 is 0 Å². The average Bonchev–Trinajstić information content (AvgIpc) is 2.00. The molecule has 0 spiro atoms. The van der Waals surface area contributed by atoms with Crippen LogP contribution < -0.4 is 0 Å². The zero-order chi connectivity index (χ0) is 10.7. The summed E-state index contributed by atoms with van der Waals surface area (Å²) in [6.45, 7) is 7.20. The van der Waals surface area contributed by atoms with E-state index in [9.17, 15) is 9.18 Å². The number of carbonyl (C=O) groups is 1. The minimum atomic E-state index is -0.366. The Morgan fingerprint density at radius 2 is 2.07 bits per heavy atom. The van der Waals surface area contributed by atoms with E-state index in [0.29, 0.717) is 5.56 Å². The van der Waals surface area contributed by atoms with Gasteiger partial charge in [0.2, 0.25) is 0 Å². The highest BCUT2D eigenvalue weighted by atomic mass is 19.1. The summed E-state index contributed by atoms with van der Waals surface area (Å²) in [4.78, 5) is 11.5. The molecule has 0 amide bonds. The summed E-state index contributed by atoms with van der Waals surface area (Å²) in [7, 11) is 0. The fourth-order valence-corrected chi connectivity index (χ4v) is 1.27. The lowest BCUT2D eigenvalue weighted by Gasteiger charge is -2.02. The molecule has 0 radical (unpaired) electrons. The quantitative estimate of drug-likeness (QED) is 0.530. The summed E-state index contributed by atoms with van der Waals surface area (Å²) in [6.07, 6.45) is 0.281. The van der Waals surface area contributed by atoms with Gasteiger partial charge < -0.3 is 0 Å². The minimum Gasteiger partial charge on any atom is -0.294 e. The van der Waals surface area contributed by atoms with Crippen molar-refractivity contribution in [3.8, 4) is 0 Å². The summed E-state index contributed by atoms with van der Waals surface area (Å²) in [5.41, 5.74) is 1.97. The molecule has 1 aromatic rings. The van der Waals surface area contributed by atoms with Gasteiger partial charge in [-0.2, -0.15) is 0 Å². The second-order valence-corrected chi connectivity index (χ2v) is 3.57. The predicted octanol–water partition coefficient (Wildman–Crippen LogP) is 3.28. The van der Waals surface area contributed by atoms with Gasteiger partial charge in [0.15, 0.2) is 5.78 Å². The standard InChI is InChI=1S/C12H13FO/c1-8(2)4-12(14)10-5-9(3)6-11(13)7-10/h5-7H,1,4H2,2-3H3. The summed E-state index contributed by atoms with van der Waals surface area (Å²) in [5.74, 6) is -0.449. The number of halogens is 1. The Kier molecular flexibility index (Phi) is 3.18. The van der Waals surface area contributed by atoms with Crippen LogP contribution in [0, 0.1) is 12.7 Å². The van der Waals surface area contributed by atoms with Crippen LogP contribution in [0.3, 0.4) is 0 Å². The Bertz CT molecular complexity index is 360. The SMILES string of the molecule is C=C(C)CC(=O)c1cc(C)cc(F)c1. The molecular weight excluding hydrogens is 179 g/mol. The van der Waals surface area contributed by atoms with Gasteiger partial charge in [-0.05, 0) is 37.6 Å². The molecule has 1 nitrogen and oxygen atoms in total. The second-order valence-electron chi connectivity index (χ2n) is 3.57. The van der Waals surface area contributed by atoms with Crippen LogP contribution in [0.25, 0.3) is 0 Å². The highest BCUT2D eigenvalue weighted by Crippen LogP contribution is 2.12. The number of allylic oxidation sites excluding steroid dienone is 1. The van der Waals surface area contributed by atoms with Crippen LogP contribution in [0.15, 0.2) is 30.4 Å². The van der Waals surface area contributed by atoms with Gasteiger partial charge in [0.05, 0.1) is 0 Å². The smallest absolute Gasteiger partial charge is 0.166 e. The molecule has 0 heterocycles. The monoisotopic (exact) mass is 192 g/mol. The first kappa shape index (κ1) is 10.6. The summed E-state index contributed by atoms with van der Waals surface area (Å²) in [6, 6.07) is 4.35. The van der Waals surface area contributed by atoms with Gasteiger partial charge in [0, 0.05) is 12.0 Å². The maximum Gasteiger partial charge on any atom is 0.166 e. The van der Waals surface area contributed by atoms with E-state index in [-0.39, 0.29) is 18.0 Å². The first-order valence-corrected chi connectivity index (χ1v) is 4.44. The second kappa shape index (κ2) is 4.18. The number of aryl methyl sites for hydroxylation is 1. The van der Waals surface area contributed by atoms with Gasteiger partial charge in [-0.15, -0.1) is 0 Å². The van der Waals surface area contributed by atoms with Crippen molar-refractivity contribution in [3.05, 3.63) is 47.3 Å². The minimum absolute atomic E-state index is 0.0832. The van der Waals surface area contributed by atoms with Gasteiger partial charge in [0.1, 0.15) is 5.82 Å². The Morgan fingerprint density at radius 1 is 1.43 bits per heavy atom. The molecule has 0 saturated carbocycles. The van der Waals surface area contributed by atoms with Crippen LogP contribution in [0.2, 0.25) is 0 Å². The lowest BCUT2D eigenvalue weighted by Crippen LogP contribution is -2.00.